The van der Waals surface area contributed by atoms with Crippen LogP contribution in [-0.4, -0.2) is 47.2 Å². The molecular weight excluding hydrogens is 424 g/mol. The Kier molecular flexibility index (Phi) is 7.53. The van der Waals surface area contributed by atoms with Gasteiger partial charge >= 0.3 is 0 Å². The summed E-state index contributed by atoms with van der Waals surface area (Å²) in [6.07, 6.45) is 1.70. The molecule has 0 saturated carbocycles. The first-order valence-corrected chi connectivity index (χ1v) is 12.6. The van der Waals surface area contributed by atoms with Gasteiger partial charge in [-0.05, 0) is 105 Å². The van der Waals surface area contributed by atoms with Gasteiger partial charge in [-0.1, -0.05) is 0 Å². The Balaban J connectivity index is 1.62. The van der Waals surface area contributed by atoms with Crippen LogP contribution < -0.4 is 14.2 Å². The van der Waals surface area contributed by atoms with Crippen molar-refractivity contribution >= 4 is 10.0 Å². The van der Waals surface area contributed by atoms with E-state index in [0.29, 0.717) is 11.4 Å². The molecule has 3 rings (SSSR count). The van der Waals surface area contributed by atoms with Gasteiger partial charge in [0.15, 0.2) is 11.5 Å². The monoisotopic (exact) mass is 460 g/mol. The summed E-state index contributed by atoms with van der Waals surface area (Å²) in [6, 6.07) is 4.12. The first-order chi connectivity index (χ1) is 15.1. The fraction of sp³-hybridized carbons (Fsp3) is 0.520. The van der Waals surface area contributed by atoms with Gasteiger partial charge < -0.3 is 9.47 Å². The number of methoxy groups -OCH3 is 2. The van der Waals surface area contributed by atoms with E-state index in [1.54, 1.807) is 14.2 Å². The Labute approximate surface area is 193 Å². The third-order valence-electron chi connectivity index (χ3n) is 6.94. The molecule has 1 heterocycles. The molecule has 0 aliphatic carbocycles. The average Bonchev–Trinajstić information content (AvgIpc) is 2.78. The summed E-state index contributed by atoms with van der Waals surface area (Å²) in [5, 5.41) is 0. The van der Waals surface area contributed by atoms with Gasteiger partial charge in [0.05, 0.1) is 19.1 Å². The fourth-order valence-corrected chi connectivity index (χ4v) is 6.25. The first-order valence-electron chi connectivity index (χ1n) is 11.1. The van der Waals surface area contributed by atoms with Gasteiger partial charge in [-0.25, -0.2) is 13.1 Å². The quantitative estimate of drug-likeness (QED) is 0.604. The lowest BCUT2D eigenvalue weighted by atomic mass is 9.95. The standard InChI is InChI=1S/C25H36N2O4S/c1-16-17(2)19(4)25(20(5)18(16)3)32(28,29)26-10-8-11-27-12-9-21-13-23(30-6)24(31-7)14-22(21)15-27/h13-14,26H,8-12,15H2,1-7H3. The van der Waals surface area contributed by atoms with Crippen molar-refractivity contribution in [3.63, 3.8) is 0 Å². The molecule has 0 fully saturated rings. The van der Waals surface area contributed by atoms with E-state index in [1.165, 1.54) is 16.7 Å². The highest BCUT2D eigenvalue weighted by Crippen LogP contribution is 2.33. The van der Waals surface area contributed by atoms with Gasteiger partial charge in [0.25, 0.3) is 0 Å². The Hall–Kier alpha value is -2.09. The van der Waals surface area contributed by atoms with Crippen LogP contribution in [0.4, 0.5) is 0 Å². The molecule has 0 atom stereocenters. The zero-order chi connectivity index (χ0) is 23.6. The summed E-state index contributed by atoms with van der Waals surface area (Å²) in [6.45, 7) is 12.9. The minimum Gasteiger partial charge on any atom is -0.493 e. The smallest absolute Gasteiger partial charge is 0.241 e. The molecule has 1 aliphatic heterocycles. The third-order valence-corrected chi connectivity index (χ3v) is 8.67. The Bertz CT molecular complexity index is 1080. The largest absolute Gasteiger partial charge is 0.493 e. The topological polar surface area (TPSA) is 67.9 Å². The molecule has 0 unspecified atom stereocenters. The van der Waals surface area contributed by atoms with Crippen LogP contribution in [0.25, 0.3) is 0 Å². The summed E-state index contributed by atoms with van der Waals surface area (Å²) in [7, 11) is -0.245. The Morgan fingerprint density at radius 1 is 0.875 bits per heavy atom. The summed E-state index contributed by atoms with van der Waals surface area (Å²) < 4.78 is 39.9. The molecule has 0 spiro atoms. The minimum atomic E-state index is -3.55. The molecule has 176 valence electrons. The van der Waals surface area contributed by atoms with Crippen LogP contribution >= 0.6 is 0 Å². The second-order valence-corrected chi connectivity index (χ2v) is 10.4. The number of rotatable bonds is 8. The van der Waals surface area contributed by atoms with Crippen molar-refractivity contribution in [3.05, 3.63) is 51.1 Å². The second-order valence-electron chi connectivity index (χ2n) is 8.71. The maximum absolute atomic E-state index is 13.1. The van der Waals surface area contributed by atoms with E-state index in [1.807, 2.05) is 27.7 Å². The van der Waals surface area contributed by atoms with E-state index in [2.05, 4.69) is 28.7 Å². The molecule has 1 N–H and O–H groups in total. The van der Waals surface area contributed by atoms with Crippen molar-refractivity contribution in [1.82, 2.24) is 9.62 Å². The number of hydrogen-bond acceptors (Lipinski definition) is 5. The van der Waals surface area contributed by atoms with Crippen molar-refractivity contribution in [3.8, 4) is 11.5 Å². The van der Waals surface area contributed by atoms with Crippen molar-refractivity contribution in [2.45, 2.75) is 58.9 Å². The van der Waals surface area contributed by atoms with Gasteiger partial charge in [-0.15, -0.1) is 0 Å². The summed E-state index contributed by atoms with van der Waals surface area (Å²) in [5.41, 5.74) is 7.48. The molecule has 6 nitrogen and oxygen atoms in total. The summed E-state index contributed by atoms with van der Waals surface area (Å²) >= 11 is 0. The molecular formula is C25H36N2O4S. The number of fused-ring (bicyclic) bond motifs is 1. The first kappa shape index (κ1) is 24.6. The zero-order valence-corrected chi connectivity index (χ0v) is 21.2. The van der Waals surface area contributed by atoms with Crippen LogP contribution in [-0.2, 0) is 23.0 Å². The Morgan fingerprint density at radius 2 is 1.41 bits per heavy atom. The van der Waals surface area contributed by atoms with Crippen molar-refractivity contribution in [2.24, 2.45) is 0 Å². The number of nitrogens with zero attached hydrogens (tertiary/aromatic N) is 1. The predicted octanol–water partition coefficient (Wildman–Crippen LogP) is 3.97. The van der Waals surface area contributed by atoms with Crippen LogP contribution in [0.15, 0.2) is 17.0 Å². The lowest BCUT2D eigenvalue weighted by Crippen LogP contribution is -2.34. The molecule has 0 saturated heterocycles. The van der Waals surface area contributed by atoms with Crippen molar-refractivity contribution < 1.29 is 17.9 Å². The van der Waals surface area contributed by atoms with Gasteiger partial charge in [-0.2, -0.15) is 0 Å². The molecule has 0 amide bonds. The highest BCUT2D eigenvalue weighted by molar-refractivity contribution is 7.89. The molecule has 0 bridgehead atoms. The summed E-state index contributed by atoms with van der Waals surface area (Å²) in [4.78, 5) is 2.80. The van der Waals surface area contributed by atoms with E-state index < -0.39 is 10.0 Å². The van der Waals surface area contributed by atoms with E-state index in [0.717, 1.165) is 66.2 Å². The van der Waals surface area contributed by atoms with Crippen LogP contribution in [0.5, 0.6) is 11.5 Å². The van der Waals surface area contributed by atoms with Crippen LogP contribution in [0.2, 0.25) is 0 Å². The number of nitrogens with one attached hydrogen (secondary N) is 1. The highest BCUT2D eigenvalue weighted by atomic mass is 32.2. The summed E-state index contributed by atoms with van der Waals surface area (Å²) in [5.74, 6) is 1.51. The molecule has 0 radical (unpaired) electrons. The zero-order valence-electron chi connectivity index (χ0n) is 20.4. The highest BCUT2D eigenvalue weighted by Gasteiger charge is 2.24. The fourth-order valence-electron chi connectivity index (χ4n) is 4.58. The van der Waals surface area contributed by atoms with Crippen LogP contribution in [0, 0.1) is 34.6 Å². The van der Waals surface area contributed by atoms with E-state index in [-0.39, 0.29) is 0 Å². The lowest BCUT2D eigenvalue weighted by Gasteiger charge is -2.29. The SMILES string of the molecule is COc1cc2c(cc1OC)CN(CCCNS(=O)(=O)c1c(C)c(C)c(C)c(C)c1C)CC2. The van der Waals surface area contributed by atoms with Gasteiger partial charge in [0.2, 0.25) is 10.0 Å². The maximum atomic E-state index is 13.1. The third kappa shape index (κ3) is 4.80. The number of ether oxygens (including phenoxy) is 2. The number of sulfonamides is 1. The van der Waals surface area contributed by atoms with Crippen LogP contribution in [0.3, 0.4) is 0 Å². The molecule has 2 aromatic rings. The average molecular weight is 461 g/mol. The number of hydrogen-bond donors (Lipinski definition) is 1. The van der Waals surface area contributed by atoms with E-state index >= 15 is 0 Å². The second kappa shape index (κ2) is 9.81. The molecule has 0 aromatic heterocycles. The minimum absolute atomic E-state index is 0.419. The molecule has 2 aromatic carbocycles. The van der Waals surface area contributed by atoms with Gasteiger partial charge in [0, 0.05) is 19.6 Å². The van der Waals surface area contributed by atoms with Gasteiger partial charge in [-0.3, -0.25) is 4.90 Å². The number of benzene rings is 2. The van der Waals surface area contributed by atoms with Crippen molar-refractivity contribution in [1.29, 1.82) is 0 Å². The normalized spacial score (nSPS) is 14.3. The van der Waals surface area contributed by atoms with Crippen molar-refractivity contribution in [2.75, 3.05) is 33.9 Å². The van der Waals surface area contributed by atoms with E-state index in [9.17, 15) is 8.42 Å². The molecule has 32 heavy (non-hydrogen) atoms. The predicted molar refractivity (Wildman–Crippen MR) is 128 cm³/mol. The van der Waals surface area contributed by atoms with Gasteiger partial charge in [0.1, 0.15) is 0 Å². The van der Waals surface area contributed by atoms with Crippen LogP contribution in [0.1, 0.15) is 45.4 Å². The van der Waals surface area contributed by atoms with E-state index in [4.69, 9.17) is 9.47 Å². The molecule has 7 heteroatoms. The Morgan fingerprint density at radius 3 is 1.97 bits per heavy atom. The molecule has 1 aliphatic rings. The lowest BCUT2D eigenvalue weighted by molar-refractivity contribution is 0.250. The maximum Gasteiger partial charge on any atom is 0.241 e.